The zero-order chi connectivity index (χ0) is 25.0. The molecule has 0 aliphatic carbocycles. The van der Waals surface area contributed by atoms with Crippen molar-refractivity contribution in [3.8, 4) is 0 Å². The molecule has 0 heterocycles. The number of carbonyl (C=O) groups excluding carboxylic acids is 3. The number of hydrogen-bond acceptors (Lipinski definition) is 6. The van der Waals surface area contributed by atoms with Crippen LogP contribution in [0.2, 0.25) is 0 Å². The normalized spacial score (nSPS) is 14.0. The van der Waals surface area contributed by atoms with Crippen LogP contribution in [0.3, 0.4) is 0 Å². The first-order valence-electron chi connectivity index (χ1n) is 11.2. The number of carbonyl (C=O) groups is 3. The van der Waals surface area contributed by atoms with E-state index in [1.807, 2.05) is 44.2 Å². The smallest absolute Gasteiger partial charge is 0.408 e. The molecule has 1 aromatic carbocycles. The molecule has 0 aliphatic rings. The molecule has 0 aliphatic heterocycles. The van der Waals surface area contributed by atoms with Crippen molar-refractivity contribution in [2.45, 2.75) is 72.1 Å². The van der Waals surface area contributed by atoms with E-state index < -0.39 is 30.4 Å². The van der Waals surface area contributed by atoms with Crippen molar-refractivity contribution in [1.29, 1.82) is 0 Å². The van der Waals surface area contributed by atoms with E-state index in [9.17, 15) is 14.4 Å². The van der Waals surface area contributed by atoms with E-state index in [0.717, 1.165) is 5.56 Å². The highest BCUT2D eigenvalue weighted by Gasteiger charge is 2.30. The van der Waals surface area contributed by atoms with E-state index in [1.54, 1.807) is 20.8 Å². The predicted molar refractivity (Wildman–Crippen MR) is 125 cm³/mol. The molecule has 3 atom stereocenters. The quantitative estimate of drug-likeness (QED) is 0.386. The minimum Gasteiger partial charge on any atom is -0.445 e. The third-order valence-corrected chi connectivity index (χ3v) is 5.03. The van der Waals surface area contributed by atoms with Crippen molar-refractivity contribution >= 4 is 17.9 Å². The third-order valence-electron chi connectivity index (χ3n) is 5.03. The molecule has 3 amide bonds. The first kappa shape index (κ1) is 28.4. The summed E-state index contributed by atoms with van der Waals surface area (Å²) in [6.45, 7) is 9.33. The third kappa shape index (κ3) is 10.2. The number of methoxy groups -OCH3 is 2. The molecule has 0 saturated heterocycles. The fourth-order valence-electron chi connectivity index (χ4n) is 3.27. The molecule has 9 heteroatoms. The SMILES string of the molecule is COC(OC)C(CC(C)C)NC(=O)[C@H](C)NC(=O)[C@@H](NC(=O)OCc1ccccc1)C(C)C. The summed E-state index contributed by atoms with van der Waals surface area (Å²) in [5, 5.41) is 8.15. The van der Waals surface area contributed by atoms with E-state index in [0.29, 0.717) is 12.3 Å². The molecule has 0 spiro atoms. The molecule has 33 heavy (non-hydrogen) atoms. The molecular weight excluding hydrogens is 426 g/mol. The molecule has 0 saturated carbocycles. The molecule has 0 fully saturated rings. The summed E-state index contributed by atoms with van der Waals surface area (Å²) in [7, 11) is 3.02. The van der Waals surface area contributed by atoms with Gasteiger partial charge in [-0.2, -0.15) is 0 Å². The standard InChI is InChI=1S/C24H39N3O6/c1-15(2)13-19(23(31-6)32-7)26-21(28)17(5)25-22(29)20(16(3)4)27-24(30)33-14-18-11-9-8-10-12-18/h8-12,15-17,19-20,23H,13-14H2,1-7H3,(H,25,29)(H,26,28)(H,27,30)/t17-,19?,20-/m0/s1. The fourth-order valence-corrected chi connectivity index (χ4v) is 3.27. The molecule has 1 aromatic rings. The summed E-state index contributed by atoms with van der Waals surface area (Å²) in [5.41, 5.74) is 0.838. The molecule has 186 valence electrons. The number of alkyl carbamates (subject to hydrolysis) is 1. The lowest BCUT2D eigenvalue weighted by Crippen LogP contribution is -2.56. The van der Waals surface area contributed by atoms with E-state index in [2.05, 4.69) is 16.0 Å². The Kier molecular flexibility index (Phi) is 12.5. The van der Waals surface area contributed by atoms with Crippen molar-refractivity contribution in [3.05, 3.63) is 35.9 Å². The lowest BCUT2D eigenvalue weighted by molar-refractivity contribution is -0.141. The Morgan fingerprint density at radius 1 is 0.848 bits per heavy atom. The minimum absolute atomic E-state index is 0.0926. The second-order valence-corrected chi connectivity index (χ2v) is 8.74. The number of nitrogens with one attached hydrogen (secondary N) is 3. The number of ether oxygens (including phenoxy) is 3. The van der Waals surface area contributed by atoms with Crippen LogP contribution in [0.5, 0.6) is 0 Å². The van der Waals surface area contributed by atoms with E-state index >= 15 is 0 Å². The van der Waals surface area contributed by atoms with Gasteiger partial charge in [-0.05, 0) is 30.7 Å². The molecular formula is C24H39N3O6. The number of hydrogen-bond donors (Lipinski definition) is 3. The first-order chi connectivity index (χ1) is 15.6. The Labute approximate surface area is 196 Å². The van der Waals surface area contributed by atoms with Crippen LogP contribution in [0, 0.1) is 11.8 Å². The highest BCUT2D eigenvalue weighted by atomic mass is 16.7. The maximum Gasteiger partial charge on any atom is 0.408 e. The highest BCUT2D eigenvalue weighted by Crippen LogP contribution is 2.12. The van der Waals surface area contributed by atoms with E-state index in [1.165, 1.54) is 14.2 Å². The molecule has 1 rings (SSSR count). The lowest BCUT2D eigenvalue weighted by atomic mass is 10.0. The Balaban J connectivity index is 2.68. The molecule has 1 unspecified atom stereocenters. The van der Waals surface area contributed by atoms with Crippen molar-refractivity contribution < 1.29 is 28.6 Å². The van der Waals surface area contributed by atoms with Gasteiger partial charge < -0.3 is 30.2 Å². The predicted octanol–water partition coefficient (Wildman–Crippen LogP) is 2.59. The Hall–Kier alpha value is -2.65. The van der Waals surface area contributed by atoms with Crippen LogP contribution >= 0.6 is 0 Å². The Morgan fingerprint density at radius 3 is 1.97 bits per heavy atom. The van der Waals surface area contributed by atoms with Crippen LogP contribution in [0.25, 0.3) is 0 Å². The van der Waals surface area contributed by atoms with Crippen LogP contribution in [0.4, 0.5) is 4.79 Å². The van der Waals surface area contributed by atoms with Crippen molar-refractivity contribution in [1.82, 2.24) is 16.0 Å². The van der Waals surface area contributed by atoms with Gasteiger partial charge in [0.25, 0.3) is 0 Å². The zero-order valence-corrected chi connectivity index (χ0v) is 20.7. The zero-order valence-electron chi connectivity index (χ0n) is 20.7. The molecule has 3 N–H and O–H groups in total. The number of benzene rings is 1. The fraction of sp³-hybridized carbons (Fsp3) is 0.625. The van der Waals surface area contributed by atoms with Gasteiger partial charge in [0.1, 0.15) is 18.7 Å². The highest BCUT2D eigenvalue weighted by molar-refractivity contribution is 5.91. The van der Waals surface area contributed by atoms with Gasteiger partial charge in [0.2, 0.25) is 11.8 Å². The van der Waals surface area contributed by atoms with Gasteiger partial charge in [-0.3, -0.25) is 9.59 Å². The van der Waals surface area contributed by atoms with Crippen molar-refractivity contribution in [2.75, 3.05) is 14.2 Å². The average molecular weight is 466 g/mol. The van der Waals surface area contributed by atoms with E-state index in [4.69, 9.17) is 14.2 Å². The van der Waals surface area contributed by atoms with Crippen LogP contribution in [-0.4, -0.2) is 56.5 Å². The maximum absolute atomic E-state index is 12.8. The second kappa shape index (κ2) is 14.5. The average Bonchev–Trinajstić information content (AvgIpc) is 2.76. The van der Waals surface area contributed by atoms with Gasteiger partial charge in [0.05, 0.1) is 6.04 Å². The van der Waals surface area contributed by atoms with Crippen LogP contribution in [0.1, 0.15) is 46.6 Å². The molecule has 0 bridgehead atoms. The van der Waals surface area contributed by atoms with Gasteiger partial charge in [0.15, 0.2) is 6.29 Å². The first-order valence-corrected chi connectivity index (χ1v) is 11.2. The summed E-state index contributed by atoms with van der Waals surface area (Å²) in [6, 6.07) is 7.18. The lowest BCUT2D eigenvalue weighted by Gasteiger charge is -2.29. The summed E-state index contributed by atoms with van der Waals surface area (Å²) >= 11 is 0. The van der Waals surface area contributed by atoms with Gasteiger partial charge in [-0.15, -0.1) is 0 Å². The monoisotopic (exact) mass is 465 g/mol. The van der Waals surface area contributed by atoms with Crippen LogP contribution in [0.15, 0.2) is 30.3 Å². The van der Waals surface area contributed by atoms with Gasteiger partial charge in [-0.25, -0.2) is 4.79 Å². The summed E-state index contributed by atoms with van der Waals surface area (Å²) in [4.78, 5) is 37.8. The largest absolute Gasteiger partial charge is 0.445 e. The minimum atomic E-state index is -0.860. The molecule has 0 radical (unpaired) electrons. The van der Waals surface area contributed by atoms with Gasteiger partial charge in [-0.1, -0.05) is 58.0 Å². The maximum atomic E-state index is 12.8. The van der Waals surface area contributed by atoms with Crippen molar-refractivity contribution in [3.63, 3.8) is 0 Å². The topological polar surface area (TPSA) is 115 Å². The van der Waals surface area contributed by atoms with E-state index in [-0.39, 0.29) is 24.5 Å². The molecule has 0 aromatic heterocycles. The van der Waals surface area contributed by atoms with Crippen LogP contribution < -0.4 is 16.0 Å². The summed E-state index contributed by atoms with van der Waals surface area (Å²) in [5.74, 6) is -0.768. The van der Waals surface area contributed by atoms with Gasteiger partial charge >= 0.3 is 6.09 Å². The van der Waals surface area contributed by atoms with Gasteiger partial charge in [0, 0.05) is 14.2 Å². The summed E-state index contributed by atoms with van der Waals surface area (Å²) in [6.07, 6.45) is -0.670. The molecule has 9 nitrogen and oxygen atoms in total. The Bertz CT molecular complexity index is 737. The Morgan fingerprint density at radius 2 is 1.45 bits per heavy atom. The number of rotatable bonds is 13. The second-order valence-electron chi connectivity index (χ2n) is 8.74. The number of amides is 3. The summed E-state index contributed by atoms with van der Waals surface area (Å²) < 4.78 is 15.8. The van der Waals surface area contributed by atoms with Crippen LogP contribution in [-0.2, 0) is 30.4 Å². The van der Waals surface area contributed by atoms with Crippen molar-refractivity contribution in [2.24, 2.45) is 11.8 Å².